The summed E-state index contributed by atoms with van der Waals surface area (Å²) in [4.78, 5) is 58.6. The lowest BCUT2D eigenvalue weighted by atomic mass is 9.79. The third kappa shape index (κ3) is 23.8. The monoisotopic (exact) mass is 1710 g/mol. The predicted octanol–water partition coefficient (Wildman–Crippen LogP) is 14.3. The van der Waals surface area contributed by atoms with Crippen molar-refractivity contribution < 1.29 is 127 Å². The van der Waals surface area contributed by atoms with Crippen molar-refractivity contribution in [1.29, 1.82) is 0 Å². The lowest BCUT2D eigenvalue weighted by molar-refractivity contribution is -0.161. The summed E-state index contributed by atoms with van der Waals surface area (Å²) in [5.41, 5.74) is 28.4. The fourth-order valence-electron chi connectivity index (χ4n) is 15.8. The second-order valence-electron chi connectivity index (χ2n) is 32.6. The van der Waals surface area contributed by atoms with Crippen molar-refractivity contribution in [3.63, 3.8) is 0 Å². The standard InChI is InChI=1S/4C24H38N2O4/c4*1-14(2)9-17-13-26-8-7-16-10-21(28-5)22(29-6)11-18(16)19(26)12-20(17)30-24(27)23(25)15(3)4/h4*10-11,14-15,17,19-20,23H,7-9,12-13,25H2,1-6H3/t4*17?,19?,20?,23-/m0000/s1/i1D3,5D3,9D2,14D,19D,20D;2*1D3,9D2,14D,19D,20D;1D3,5D3,9D2,14D,19D/t4*14?,17?,19?,20?,23-. The molecule has 8 aliphatic rings. The van der Waals surface area contributed by atoms with Crippen molar-refractivity contribution in [2.45, 2.75) is 260 Å². The van der Waals surface area contributed by atoms with Crippen LogP contribution in [0.4, 0.5) is 0 Å². The summed E-state index contributed by atoms with van der Waals surface area (Å²) in [6.45, 7) is 5.10. The Bertz CT molecular complexity index is 5590. The van der Waals surface area contributed by atoms with Gasteiger partial charge >= 0.3 is 23.9 Å². The van der Waals surface area contributed by atoms with Crippen LogP contribution >= 0.6 is 0 Å². The molecule has 12 rings (SSSR count). The first-order chi connectivity index (χ1) is 71.0. The number of piperidine rings is 4. The molecule has 0 radical (unpaired) electrons. The zero-order valence-electron chi connectivity index (χ0n) is 110. The van der Waals surface area contributed by atoms with E-state index in [-0.39, 0.29) is 92.9 Å². The highest BCUT2D eigenvalue weighted by Gasteiger charge is 2.47. The lowest BCUT2D eigenvalue weighted by Crippen LogP contribution is -2.51. The molecule has 4 fully saturated rings. The maximum Gasteiger partial charge on any atom is 0.323 e. The van der Waals surface area contributed by atoms with Crippen molar-refractivity contribution in [1.82, 2.24) is 19.6 Å². The molecule has 8 N–H and O–H groups in total. The first kappa shape index (κ1) is 56.7. The smallest absolute Gasteiger partial charge is 0.323 e. The molecule has 8 aliphatic heterocycles. The van der Waals surface area contributed by atoms with Gasteiger partial charge in [0.25, 0.3) is 0 Å². The van der Waals surface area contributed by atoms with E-state index in [2.05, 4.69) is 0 Å². The number of ether oxygens (including phenoxy) is 12. The van der Waals surface area contributed by atoms with Gasteiger partial charge in [0.05, 0.1) is 74.6 Å². The Labute approximate surface area is 770 Å². The molecule has 4 saturated heterocycles. The lowest BCUT2D eigenvalue weighted by Gasteiger charge is -2.47. The number of esters is 4. The van der Waals surface area contributed by atoms with E-state index in [1.165, 1.54) is 66.9 Å². The second-order valence-corrected chi connectivity index (χ2v) is 32.6. The number of fused-ring (bicyclic) bond motifs is 12. The molecule has 24 heteroatoms. The van der Waals surface area contributed by atoms with Gasteiger partial charge in [-0.3, -0.25) is 38.8 Å². The van der Waals surface area contributed by atoms with Gasteiger partial charge in [-0.2, -0.15) is 0 Å². The quantitative estimate of drug-likeness (QED) is 0.0303. The molecule has 4 aromatic rings. The fourth-order valence-corrected chi connectivity index (χ4v) is 15.8. The Kier molecular flexibility index (Phi) is 20.7. The molecule has 0 aliphatic carbocycles. The minimum atomic E-state index is -3.09. The van der Waals surface area contributed by atoms with Gasteiger partial charge in [-0.05, 0) is 191 Å². The topological polar surface area (TPSA) is 296 Å². The van der Waals surface area contributed by atoms with Crippen molar-refractivity contribution in [2.24, 2.45) is 93.9 Å². The summed E-state index contributed by atoms with van der Waals surface area (Å²) in [6, 6.07) is 1.59. The largest absolute Gasteiger partial charge is 0.493 e. The molecule has 0 bridgehead atoms. The number of rotatable bonds is 28. The molecule has 16 unspecified atom stereocenters. The molecular weight excluding hydrogens is 1520 g/mol. The maximum atomic E-state index is 13.1. The molecule has 24 nitrogen and oxygen atoms in total. The van der Waals surface area contributed by atoms with Crippen LogP contribution in [0.1, 0.15) is 281 Å². The molecule has 0 saturated carbocycles. The summed E-state index contributed by atoms with van der Waals surface area (Å²) in [7, 11) is 3.04. The van der Waals surface area contributed by atoms with E-state index in [1.807, 2.05) is 0 Å². The Morgan fingerprint density at radius 2 is 0.583 bits per heavy atom. The highest BCUT2D eigenvalue weighted by molar-refractivity contribution is 5.77. The normalized spacial score (nSPS) is 36.8. The van der Waals surface area contributed by atoms with E-state index in [0.717, 1.165) is 38.8 Å². The van der Waals surface area contributed by atoms with Gasteiger partial charge < -0.3 is 79.8 Å². The van der Waals surface area contributed by atoms with Crippen molar-refractivity contribution in [2.75, 3.05) is 109 Å². The zero-order chi connectivity index (χ0) is 120. The zero-order valence-corrected chi connectivity index (χ0v) is 72.6. The summed E-state index contributed by atoms with van der Waals surface area (Å²) in [5.74, 6) is -20.0. The van der Waals surface area contributed by atoms with Crippen LogP contribution < -0.4 is 60.8 Å². The first-order valence-corrected chi connectivity index (χ1v) is 40.7. The summed E-state index contributed by atoms with van der Waals surface area (Å²) in [6.07, 6.45) is -20.1. The number of nitrogens with zero attached hydrogens (tertiary/aromatic N) is 4. The van der Waals surface area contributed by atoms with Gasteiger partial charge in [-0.25, -0.2) is 0 Å². The average molecular weight is 1710 g/mol. The van der Waals surface area contributed by atoms with Gasteiger partial charge in [0.1, 0.15) is 48.5 Å². The number of nitrogens with two attached hydrogens (primary N) is 4. The third-order valence-electron chi connectivity index (χ3n) is 22.8. The van der Waals surface area contributed by atoms with Crippen LogP contribution in [0.3, 0.4) is 0 Å². The number of carbonyl (C=O) groups excluding carboxylic acids is 4. The van der Waals surface area contributed by atoms with Crippen LogP contribution in [0, 0.1) is 70.9 Å². The number of hydrogen-bond donors (Lipinski definition) is 4. The van der Waals surface area contributed by atoms with E-state index >= 15 is 0 Å². The van der Waals surface area contributed by atoms with Crippen LogP contribution in [0.5, 0.6) is 46.0 Å². The van der Waals surface area contributed by atoms with E-state index in [9.17, 15) is 28.8 Å². The predicted molar refractivity (Wildman–Crippen MR) is 471 cm³/mol. The maximum absolute atomic E-state index is 13.1. The van der Waals surface area contributed by atoms with Crippen LogP contribution in [0.25, 0.3) is 0 Å². The Hall–Kier alpha value is -7.16. The summed E-state index contributed by atoms with van der Waals surface area (Å²) < 4.78 is 375. The van der Waals surface area contributed by atoms with Gasteiger partial charge in [0, 0.05) is 159 Å². The highest BCUT2D eigenvalue weighted by Crippen LogP contribution is 2.50. The SMILES string of the molecule is [2H]C([2H])([2H])Oc1cc2c(cc1OC)C1([2H])CC(OC(=O)[C@@H](N)C(C)C)C(C([2H])([2H])C([2H])(C)C([2H])([2H])[2H])CN1CC2.[2H]C([2H])([2H])Oc1cc2c(cc1OC)C1([2H])CC([2H])(OC(=O)[C@@H](N)C(C)C)C(C([2H])([2H])C([2H])(C)C([2H])([2H])[2H])CN1CC2.[2H]C1(OC(=O)[C@@H](N)C(C)C)CC2([2H])c3cc(OC)c(OC)cc3CCN2CC1C([2H])([2H])C([2H])(C)C([2H])([2H])[2H].[2H]C1(OC(=O)[C@@H](N)C(C)C)CC2([2H])c3cc(OC)c(OC)cc3CCN2CC1C([2H])([2H])C([2H])(C)C([2H])([2H])[2H]. The average Bonchev–Trinajstić information content (AvgIpc) is 0.687. The van der Waals surface area contributed by atoms with E-state index in [0.29, 0.717) is 88.7 Å². The Balaban J connectivity index is 0.000000231. The number of hydrogen-bond acceptors (Lipinski definition) is 24. The van der Waals surface area contributed by atoms with Crippen molar-refractivity contribution in [3.8, 4) is 46.0 Å². The number of methoxy groups -OCH3 is 8. The molecular formula is C96H152N8O16. The molecule has 0 amide bonds. The fraction of sp³-hybridized carbons (Fsp3) is 0.708. The Morgan fingerprint density at radius 3 is 0.825 bits per heavy atom. The van der Waals surface area contributed by atoms with Crippen LogP contribution in [0.2, 0.25) is 0 Å². The summed E-state index contributed by atoms with van der Waals surface area (Å²) in [5, 5.41) is 0. The molecule has 0 aromatic heterocycles. The molecule has 20 atom stereocenters. The number of benzene rings is 4. The van der Waals surface area contributed by atoms with Crippen molar-refractivity contribution >= 4 is 23.9 Å². The minimum Gasteiger partial charge on any atom is -0.493 e. The van der Waals surface area contributed by atoms with Crippen LogP contribution in [-0.2, 0) is 63.8 Å². The van der Waals surface area contributed by atoms with Gasteiger partial charge in [-0.1, -0.05) is 110 Å². The summed E-state index contributed by atoms with van der Waals surface area (Å²) >= 11 is 0. The van der Waals surface area contributed by atoms with E-state index in [4.69, 9.17) is 121 Å². The second kappa shape index (κ2) is 43.9. The van der Waals surface area contributed by atoms with Gasteiger partial charge in [-0.15, -0.1) is 0 Å². The van der Waals surface area contributed by atoms with E-state index in [1.54, 1.807) is 99.3 Å². The van der Waals surface area contributed by atoms with E-state index < -0.39 is 236 Å². The molecule has 672 valence electrons. The highest BCUT2D eigenvalue weighted by atomic mass is 16.6. The van der Waals surface area contributed by atoms with Crippen LogP contribution in [-0.4, -0.2) is 201 Å². The first-order valence-electron chi connectivity index (χ1n) is 59.2. The molecule has 8 heterocycles. The third-order valence-corrected chi connectivity index (χ3v) is 22.8. The minimum absolute atomic E-state index is 0.0151. The van der Waals surface area contributed by atoms with Crippen LogP contribution in [0.15, 0.2) is 48.5 Å². The van der Waals surface area contributed by atoms with Gasteiger partial charge in [0.2, 0.25) is 0 Å². The molecule has 0 spiro atoms. The Morgan fingerprint density at radius 1 is 0.358 bits per heavy atom. The number of carbonyl (C=O) groups is 4. The molecule has 4 aromatic carbocycles. The van der Waals surface area contributed by atoms with Crippen molar-refractivity contribution in [3.05, 3.63) is 93.0 Å². The molecule has 120 heavy (non-hydrogen) atoms. The van der Waals surface area contributed by atoms with Gasteiger partial charge in [0.15, 0.2) is 46.0 Å².